The first-order chi connectivity index (χ1) is 15.7. The second-order valence-electron chi connectivity index (χ2n) is 7.83. The first-order valence-corrected chi connectivity index (χ1v) is 11.0. The Labute approximate surface area is 193 Å². The van der Waals surface area contributed by atoms with Crippen LogP contribution in [-0.4, -0.2) is 32.9 Å². The zero-order valence-electron chi connectivity index (χ0n) is 19.4. The van der Waals surface area contributed by atoms with Crippen LogP contribution in [0.3, 0.4) is 0 Å². The van der Waals surface area contributed by atoms with Crippen molar-refractivity contribution in [2.75, 3.05) is 6.54 Å². The number of carbonyl (C=O) groups excluding carboxylic acids is 2. The van der Waals surface area contributed by atoms with Crippen LogP contribution in [0, 0.1) is 29.6 Å². The summed E-state index contributed by atoms with van der Waals surface area (Å²) in [6.45, 7) is 7.52. The van der Waals surface area contributed by atoms with E-state index >= 15 is 0 Å². The molecule has 0 bridgehead atoms. The minimum Gasteiger partial charge on any atom is -0.494 e. The lowest BCUT2D eigenvalue weighted by atomic mass is 9.94. The predicted octanol–water partition coefficient (Wildman–Crippen LogP) is 3.48. The minimum absolute atomic E-state index is 0.0517. The average Bonchev–Trinajstić information content (AvgIpc) is 2.78. The summed E-state index contributed by atoms with van der Waals surface area (Å²) in [5.41, 5.74) is 0.451. The SMILES string of the molecule is CCCCN1C(=O)C(C#N)=C(C)/C(=C/C=C/c2c(C)c(C#N)c(=O)n(CCCC)c2O)C1=O. The molecule has 33 heavy (non-hydrogen) atoms. The van der Waals surface area contributed by atoms with Gasteiger partial charge in [0.05, 0.1) is 0 Å². The molecule has 0 aromatic carbocycles. The summed E-state index contributed by atoms with van der Waals surface area (Å²) in [7, 11) is 0. The third kappa shape index (κ3) is 4.96. The van der Waals surface area contributed by atoms with E-state index in [1.54, 1.807) is 13.8 Å². The number of pyridine rings is 1. The molecule has 0 saturated heterocycles. The standard InChI is InChI=1S/C25H28N4O4/c1-5-7-12-28-22(30)18(16(3)20(14-26)24(28)32)10-9-11-19-17(4)21(15-27)25(33)29(23(19)31)13-8-6-2/h9-11,30H,5-8,12-13H2,1-4H3/b10-9+,19-11-. The van der Waals surface area contributed by atoms with Gasteiger partial charge in [-0.15, -0.1) is 0 Å². The lowest BCUT2D eigenvalue weighted by Crippen LogP contribution is -2.43. The monoisotopic (exact) mass is 448 g/mol. The highest BCUT2D eigenvalue weighted by Crippen LogP contribution is 2.27. The number of amides is 2. The van der Waals surface area contributed by atoms with Gasteiger partial charge in [0.2, 0.25) is 5.88 Å². The number of nitrogens with zero attached hydrogens (tertiary/aromatic N) is 4. The molecular weight excluding hydrogens is 420 g/mol. The molecule has 1 aromatic rings. The van der Waals surface area contributed by atoms with E-state index in [0.29, 0.717) is 24.0 Å². The summed E-state index contributed by atoms with van der Waals surface area (Å²) >= 11 is 0. The van der Waals surface area contributed by atoms with Crippen LogP contribution in [0.1, 0.15) is 63.1 Å². The summed E-state index contributed by atoms with van der Waals surface area (Å²) in [6, 6.07) is 3.80. The Morgan fingerprint density at radius 3 is 2.18 bits per heavy atom. The van der Waals surface area contributed by atoms with Gasteiger partial charge in [-0.2, -0.15) is 10.5 Å². The number of rotatable bonds is 8. The Kier molecular flexibility index (Phi) is 8.53. The molecule has 0 aliphatic carbocycles. The molecule has 0 spiro atoms. The Balaban J connectivity index is 2.58. The normalized spacial score (nSPS) is 15.5. The van der Waals surface area contributed by atoms with Crippen molar-refractivity contribution in [2.45, 2.75) is 59.9 Å². The van der Waals surface area contributed by atoms with E-state index in [9.17, 15) is 30.0 Å². The fourth-order valence-corrected chi connectivity index (χ4v) is 3.61. The summed E-state index contributed by atoms with van der Waals surface area (Å²) in [5.74, 6) is -1.33. The van der Waals surface area contributed by atoms with Crippen LogP contribution in [0.15, 0.2) is 33.7 Å². The van der Waals surface area contributed by atoms with Gasteiger partial charge in [-0.1, -0.05) is 32.8 Å². The van der Waals surface area contributed by atoms with Gasteiger partial charge < -0.3 is 5.11 Å². The molecule has 172 valence electrons. The van der Waals surface area contributed by atoms with Gasteiger partial charge in [0.1, 0.15) is 23.3 Å². The number of unbranched alkanes of at least 4 members (excludes halogenated alkanes) is 2. The smallest absolute Gasteiger partial charge is 0.271 e. The zero-order valence-corrected chi connectivity index (χ0v) is 19.4. The van der Waals surface area contributed by atoms with Crippen LogP contribution in [-0.2, 0) is 16.1 Å². The molecule has 1 aromatic heterocycles. The molecule has 0 saturated carbocycles. The van der Waals surface area contributed by atoms with E-state index in [-0.39, 0.29) is 41.3 Å². The number of imide groups is 1. The summed E-state index contributed by atoms with van der Waals surface area (Å²) < 4.78 is 1.18. The third-order valence-electron chi connectivity index (χ3n) is 5.67. The molecule has 0 fully saturated rings. The number of carbonyl (C=O) groups is 2. The quantitative estimate of drug-likeness (QED) is 0.479. The molecule has 8 heteroatoms. The van der Waals surface area contributed by atoms with Crippen molar-refractivity contribution in [3.05, 3.63) is 55.9 Å². The molecule has 1 aliphatic heterocycles. The molecule has 0 unspecified atom stereocenters. The maximum Gasteiger partial charge on any atom is 0.271 e. The van der Waals surface area contributed by atoms with Gasteiger partial charge in [-0.3, -0.25) is 23.9 Å². The van der Waals surface area contributed by atoms with E-state index in [2.05, 4.69) is 0 Å². The first-order valence-electron chi connectivity index (χ1n) is 11.0. The predicted molar refractivity (Wildman–Crippen MR) is 124 cm³/mol. The van der Waals surface area contributed by atoms with Crippen molar-refractivity contribution in [2.24, 2.45) is 0 Å². The molecule has 0 radical (unpaired) electrons. The topological polar surface area (TPSA) is 127 Å². The van der Waals surface area contributed by atoms with E-state index in [1.165, 1.54) is 22.8 Å². The zero-order chi connectivity index (χ0) is 24.7. The first kappa shape index (κ1) is 25.4. The van der Waals surface area contributed by atoms with E-state index in [4.69, 9.17) is 0 Å². The average molecular weight is 449 g/mol. The van der Waals surface area contributed by atoms with Crippen molar-refractivity contribution >= 4 is 17.9 Å². The van der Waals surface area contributed by atoms with Gasteiger partial charge in [-0.25, -0.2) is 0 Å². The van der Waals surface area contributed by atoms with E-state index < -0.39 is 17.4 Å². The fourth-order valence-electron chi connectivity index (χ4n) is 3.61. The van der Waals surface area contributed by atoms with E-state index in [1.807, 2.05) is 26.0 Å². The number of aromatic nitrogens is 1. The Bertz CT molecular complexity index is 1200. The number of nitriles is 2. The van der Waals surface area contributed by atoms with Crippen molar-refractivity contribution in [1.82, 2.24) is 9.47 Å². The largest absolute Gasteiger partial charge is 0.494 e. The summed E-state index contributed by atoms with van der Waals surface area (Å²) in [4.78, 5) is 39.1. The van der Waals surface area contributed by atoms with Gasteiger partial charge in [0.25, 0.3) is 17.4 Å². The molecular formula is C25H28N4O4. The van der Waals surface area contributed by atoms with Gasteiger partial charge in [0.15, 0.2) is 0 Å². The molecule has 2 heterocycles. The second kappa shape index (κ2) is 11.1. The number of allylic oxidation sites excluding steroid dienone is 2. The van der Waals surface area contributed by atoms with Gasteiger partial charge in [-0.05, 0) is 50.0 Å². The molecule has 1 N–H and O–H groups in total. The van der Waals surface area contributed by atoms with Crippen molar-refractivity contribution in [1.29, 1.82) is 10.5 Å². The second-order valence-corrected chi connectivity index (χ2v) is 7.83. The number of hydrogen-bond donors (Lipinski definition) is 1. The highest BCUT2D eigenvalue weighted by atomic mass is 16.3. The van der Waals surface area contributed by atoms with Crippen molar-refractivity contribution in [3.8, 4) is 18.0 Å². The third-order valence-corrected chi connectivity index (χ3v) is 5.67. The highest BCUT2D eigenvalue weighted by molar-refractivity contribution is 6.18. The number of hydrogen-bond acceptors (Lipinski definition) is 6. The number of aromatic hydroxyl groups is 1. The van der Waals surface area contributed by atoms with Crippen LogP contribution in [0.2, 0.25) is 0 Å². The molecule has 2 amide bonds. The fraction of sp³-hybridized carbons (Fsp3) is 0.400. The molecule has 1 aliphatic rings. The van der Waals surface area contributed by atoms with Crippen molar-refractivity contribution < 1.29 is 14.7 Å². The van der Waals surface area contributed by atoms with Crippen LogP contribution in [0.25, 0.3) is 6.08 Å². The van der Waals surface area contributed by atoms with Crippen LogP contribution in [0.4, 0.5) is 0 Å². The van der Waals surface area contributed by atoms with Gasteiger partial charge in [0, 0.05) is 24.2 Å². The van der Waals surface area contributed by atoms with E-state index in [0.717, 1.165) is 17.7 Å². The summed E-state index contributed by atoms with van der Waals surface area (Å²) in [5, 5.41) is 29.6. The molecule has 0 atom stereocenters. The van der Waals surface area contributed by atoms with Crippen molar-refractivity contribution in [3.63, 3.8) is 0 Å². The Morgan fingerprint density at radius 2 is 1.61 bits per heavy atom. The minimum atomic E-state index is -0.593. The Morgan fingerprint density at radius 1 is 0.970 bits per heavy atom. The maximum absolute atomic E-state index is 12.9. The van der Waals surface area contributed by atoms with Crippen LogP contribution >= 0.6 is 0 Å². The van der Waals surface area contributed by atoms with Gasteiger partial charge >= 0.3 is 0 Å². The highest BCUT2D eigenvalue weighted by Gasteiger charge is 2.34. The maximum atomic E-state index is 12.9. The van der Waals surface area contributed by atoms with Crippen LogP contribution in [0.5, 0.6) is 5.88 Å². The molecule has 2 rings (SSSR count). The summed E-state index contributed by atoms with van der Waals surface area (Å²) in [6.07, 6.45) is 7.38. The van der Waals surface area contributed by atoms with Crippen LogP contribution < -0.4 is 5.56 Å². The Hall–Kier alpha value is -3.91. The lowest BCUT2D eigenvalue weighted by Gasteiger charge is -2.27. The lowest BCUT2D eigenvalue weighted by molar-refractivity contribution is -0.140. The molecule has 8 nitrogen and oxygen atoms in total.